The average molecular weight is 287 g/mol. The van der Waals surface area contributed by atoms with E-state index >= 15 is 0 Å². The van der Waals surface area contributed by atoms with E-state index in [-0.39, 0.29) is 11.9 Å². The number of carbonyl (C=O) groups excluding carboxylic acids is 1. The molecule has 1 saturated heterocycles. The molecule has 0 radical (unpaired) electrons. The fourth-order valence-corrected chi connectivity index (χ4v) is 2.90. The van der Waals surface area contributed by atoms with Crippen molar-refractivity contribution in [2.75, 3.05) is 0 Å². The van der Waals surface area contributed by atoms with Crippen LogP contribution in [0.3, 0.4) is 0 Å². The molecule has 1 aliphatic heterocycles. The van der Waals surface area contributed by atoms with Crippen LogP contribution in [0.4, 0.5) is 0 Å². The second kappa shape index (κ2) is 5.45. The molecule has 18 heavy (non-hydrogen) atoms. The molecule has 1 aromatic rings. The van der Waals surface area contributed by atoms with E-state index < -0.39 is 0 Å². The summed E-state index contributed by atoms with van der Waals surface area (Å²) in [4.78, 5) is 18.4. The predicted molar refractivity (Wildman–Crippen MR) is 73.2 cm³/mol. The first-order chi connectivity index (χ1) is 8.54. The summed E-state index contributed by atoms with van der Waals surface area (Å²) in [5, 5.41) is 0.654. The molecule has 2 atom stereocenters. The van der Waals surface area contributed by atoms with Gasteiger partial charge in [0, 0.05) is 18.3 Å². The van der Waals surface area contributed by atoms with Crippen LogP contribution in [0.1, 0.15) is 43.5 Å². The molecule has 3 nitrogen and oxygen atoms in total. The zero-order chi connectivity index (χ0) is 13.3. The summed E-state index contributed by atoms with van der Waals surface area (Å²) in [7, 11) is 0. The van der Waals surface area contributed by atoms with Crippen LogP contribution in [0.25, 0.3) is 0 Å². The highest BCUT2D eigenvalue weighted by Crippen LogP contribution is 2.30. The molecule has 0 N–H and O–H groups in total. The van der Waals surface area contributed by atoms with Gasteiger partial charge in [0.25, 0.3) is 5.91 Å². The molecule has 2 heterocycles. The maximum absolute atomic E-state index is 12.6. The summed E-state index contributed by atoms with van der Waals surface area (Å²) < 4.78 is 0. The third-order valence-electron chi connectivity index (χ3n) is 3.54. The molecule has 2 unspecified atom stereocenters. The molecule has 98 valence electrons. The number of amides is 1. The topological polar surface area (TPSA) is 33.2 Å². The van der Waals surface area contributed by atoms with Gasteiger partial charge in [-0.25, -0.2) is 4.98 Å². The summed E-state index contributed by atoms with van der Waals surface area (Å²) in [5.74, 6) is -0.0406. The first-order valence-corrected chi connectivity index (χ1v) is 6.94. The molecule has 0 spiro atoms. The maximum Gasteiger partial charge on any atom is 0.256 e. The fraction of sp³-hybridized carbons (Fsp3) is 0.538. The van der Waals surface area contributed by atoms with Crippen LogP contribution in [0, 0.1) is 0 Å². The lowest BCUT2D eigenvalue weighted by Crippen LogP contribution is -2.39. The van der Waals surface area contributed by atoms with Gasteiger partial charge in [0.1, 0.15) is 5.15 Å². The molecule has 0 aliphatic carbocycles. The van der Waals surface area contributed by atoms with Gasteiger partial charge < -0.3 is 4.90 Å². The first-order valence-electron chi connectivity index (χ1n) is 6.18. The van der Waals surface area contributed by atoms with Crippen molar-refractivity contribution in [3.63, 3.8) is 0 Å². The Morgan fingerprint density at radius 3 is 2.89 bits per heavy atom. The Kier molecular flexibility index (Phi) is 4.13. The van der Waals surface area contributed by atoms with Crippen LogP contribution < -0.4 is 0 Å². The lowest BCUT2D eigenvalue weighted by Gasteiger charge is -2.28. The Morgan fingerprint density at radius 2 is 2.22 bits per heavy atom. The SMILES string of the molecule is CCC1CCC(C)N1C(=O)c1cc(Cl)ncc1Cl. The number of likely N-dealkylation sites (tertiary alicyclic amines) is 1. The zero-order valence-corrected chi connectivity index (χ0v) is 12.0. The minimum Gasteiger partial charge on any atom is -0.333 e. The number of pyridine rings is 1. The lowest BCUT2D eigenvalue weighted by molar-refractivity contribution is 0.0676. The van der Waals surface area contributed by atoms with Gasteiger partial charge in [-0.2, -0.15) is 0 Å². The zero-order valence-electron chi connectivity index (χ0n) is 10.5. The molecule has 1 aliphatic rings. The maximum atomic E-state index is 12.6. The van der Waals surface area contributed by atoms with Crippen LogP contribution >= 0.6 is 23.2 Å². The van der Waals surface area contributed by atoms with E-state index in [9.17, 15) is 4.79 Å². The summed E-state index contributed by atoms with van der Waals surface area (Å²) in [6.45, 7) is 4.17. The Balaban J connectivity index is 2.32. The summed E-state index contributed by atoms with van der Waals surface area (Å²) >= 11 is 11.9. The van der Waals surface area contributed by atoms with Crippen LogP contribution in [-0.4, -0.2) is 27.9 Å². The molecular weight excluding hydrogens is 271 g/mol. The predicted octanol–water partition coefficient (Wildman–Crippen LogP) is 3.79. The van der Waals surface area contributed by atoms with E-state index in [1.807, 2.05) is 4.90 Å². The van der Waals surface area contributed by atoms with Crippen molar-refractivity contribution in [2.45, 2.75) is 45.2 Å². The van der Waals surface area contributed by atoms with Gasteiger partial charge in [0.15, 0.2) is 0 Å². The number of nitrogens with zero attached hydrogens (tertiary/aromatic N) is 2. The van der Waals surface area contributed by atoms with Crippen LogP contribution in [-0.2, 0) is 0 Å². The number of hydrogen-bond donors (Lipinski definition) is 0. The Bertz CT molecular complexity index is 464. The Labute approximate surface area is 117 Å². The van der Waals surface area contributed by atoms with Crippen molar-refractivity contribution in [3.8, 4) is 0 Å². The minimum atomic E-state index is -0.0406. The first kappa shape index (κ1) is 13.6. The largest absolute Gasteiger partial charge is 0.333 e. The van der Waals surface area contributed by atoms with Crippen molar-refractivity contribution in [1.82, 2.24) is 9.88 Å². The number of hydrogen-bond acceptors (Lipinski definition) is 2. The number of carbonyl (C=O) groups is 1. The highest BCUT2D eigenvalue weighted by Gasteiger charge is 2.34. The van der Waals surface area contributed by atoms with E-state index in [0.717, 1.165) is 19.3 Å². The van der Waals surface area contributed by atoms with Gasteiger partial charge in [0.05, 0.1) is 10.6 Å². The highest BCUT2D eigenvalue weighted by molar-refractivity contribution is 6.35. The van der Waals surface area contributed by atoms with Crippen molar-refractivity contribution in [2.24, 2.45) is 0 Å². The molecule has 0 bridgehead atoms. The number of halogens is 2. The van der Waals surface area contributed by atoms with Crippen LogP contribution in [0.5, 0.6) is 0 Å². The normalized spacial score (nSPS) is 23.4. The van der Waals surface area contributed by atoms with Crippen molar-refractivity contribution in [1.29, 1.82) is 0 Å². The van der Waals surface area contributed by atoms with Gasteiger partial charge in [0.2, 0.25) is 0 Å². The third-order valence-corrected chi connectivity index (χ3v) is 4.05. The van der Waals surface area contributed by atoms with E-state index in [2.05, 4.69) is 18.8 Å². The van der Waals surface area contributed by atoms with E-state index in [0.29, 0.717) is 21.8 Å². The van der Waals surface area contributed by atoms with Gasteiger partial charge in [-0.3, -0.25) is 4.79 Å². The molecule has 5 heteroatoms. The molecule has 1 aromatic heterocycles. The molecule has 0 aromatic carbocycles. The molecule has 0 saturated carbocycles. The highest BCUT2D eigenvalue weighted by atomic mass is 35.5. The standard InChI is InChI=1S/C13H16Cl2N2O/c1-3-9-5-4-8(2)17(9)13(18)10-6-12(15)16-7-11(10)14/h6-9H,3-5H2,1-2H3. The van der Waals surface area contributed by atoms with Gasteiger partial charge in [-0.1, -0.05) is 30.1 Å². The summed E-state index contributed by atoms with van der Waals surface area (Å²) in [6, 6.07) is 2.10. The summed E-state index contributed by atoms with van der Waals surface area (Å²) in [6.07, 6.45) is 4.49. The number of rotatable bonds is 2. The van der Waals surface area contributed by atoms with Gasteiger partial charge in [-0.05, 0) is 32.3 Å². The van der Waals surface area contributed by atoms with E-state index in [1.54, 1.807) is 6.07 Å². The molecule has 2 rings (SSSR count). The van der Waals surface area contributed by atoms with Crippen LogP contribution in [0.2, 0.25) is 10.2 Å². The van der Waals surface area contributed by atoms with E-state index in [1.165, 1.54) is 6.20 Å². The second-order valence-corrected chi connectivity index (χ2v) is 5.48. The second-order valence-electron chi connectivity index (χ2n) is 4.69. The van der Waals surface area contributed by atoms with Crippen molar-refractivity contribution in [3.05, 3.63) is 28.0 Å². The average Bonchev–Trinajstić information content (AvgIpc) is 2.72. The van der Waals surface area contributed by atoms with Crippen molar-refractivity contribution >= 4 is 29.1 Å². The van der Waals surface area contributed by atoms with E-state index in [4.69, 9.17) is 23.2 Å². The summed E-state index contributed by atoms with van der Waals surface area (Å²) in [5.41, 5.74) is 0.448. The molecule has 1 fully saturated rings. The van der Waals surface area contributed by atoms with Gasteiger partial charge >= 0.3 is 0 Å². The lowest BCUT2D eigenvalue weighted by atomic mass is 10.1. The molecular formula is C13H16Cl2N2O. The molecule has 1 amide bonds. The number of aromatic nitrogens is 1. The fourth-order valence-electron chi connectivity index (χ4n) is 2.55. The minimum absolute atomic E-state index is 0.0406. The smallest absolute Gasteiger partial charge is 0.256 e. The quantitative estimate of drug-likeness (QED) is 0.775. The Morgan fingerprint density at radius 1 is 1.50 bits per heavy atom. The van der Waals surface area contributed by atoms with Crippen LogP contribution in [0.15, 0.2) is 12.3 Å². The van der Waals surface area contributed by atoms with Crippen molar-refractivity contribution < 1.29 is 4.79 Å². The van der Waals surface area contributed by atoms with Gasteiger partial charge in [-0.15, -0.1) is 0 Å². The Hall–Kier alpha value is -0.800. The monoisotopic (exact) mass is 286 g/mol. The third kappa shape index (κ3) is 2.47.